The molecule has 3 N–H and O–H groups in total. The Bertz CT molecular complexity index is 241. The van der Waals surface area contributed by atoms with Gasteiger partial charge in [0.1, 0.15) is 7.29 Å². The van der Waals surface area contributed by atoms with Gasteiger partial charge in [-0.2, -0.15) is 0 Å². The van der Waals surface area contributed by atoms with Gasteiger partial charge in [0, 0.05) is 25.3 Å². The molecule has 1 rings (SSSR count). The van der Waals surface area contributed by atoms with Crippen LogP contribution >= 0.6 is 7.29 Å². The van der Waals surface area contributed by atoms with Crippen LogP contribution in [0.2, 0.25) is 0 Å². The molecule has 1 aliphatic heterocycles. The van der Waals surface area contributed by atoms with Gasteiger partial charge in [0.2, 0.25) is 0 Å². The van der Waals surface area contributed by atoms with Crippen molar-refractivity contribution in [1.29, 1.82) is 0 Å². The maximum absolute atomic E-state index is 11.6. The fraction of sp³-hybridized carbons (Fsp3) is 1.00. The lowest BCUT2D eigenvalue weighted by Gasteiger charge is -2.23. The molecular formula is C8H18NO4P. The molecule has 1 saturated heterocycles. The topological polar surface area (TPSA) is 78.8 Å². The van der Waals surface area contributed by atoms with E-state index in [2.05, 4.69) is 5.09 Å². The van der Waals surface area contributed by atoms with Gasteiger partial charge in [-0.15, -0.1) is 0 Å². The van der Waals surface area contributed by atoms with Crippen molar-refractivity contribution in [3.63, 3.8) is 0 Å². The third kappa shape index (κ3) is 2.78. The quantitative estimate of drug-likeness (QED) is 0.579. The van der Waals surface area contributed by atoms with Crippen molar-refractivity contribution in [2.75, 3.05) is 19.9 Å². The van der Waals surface area contributed by atoms with E-state index in [1.54, 1.807) is 20.3 Å². The fourth-order valence-corrected chi connectivity index (χ4v) is 2.74. The molecule has 0 aliphatic carbocycles. The minimum Gasteiger partial charge on any atom is -0.394 e. The molecule has 0 bridgehead atoms. The summed E-state index contributed by atoms with van der Waals surface area (Å²) in [6.07, 6.45) is -1.37. The molecule has 1 heterocycles. The van der Waals surface area contributed by atoms with Crippen molar-refractivity contribution < 1.29 is 19.5 Å². The Morgan fingerprint density at radius 1 is 1.50 bits per heavy atom. The molecule has 0 saturated carbocycles. The Kier molecular flexibility index (Phi) is 3.72. The molecule has 1 fully saturated rings. The van der Waals surface area contributed by atoms with Gasteiger partial charge in [-0.05, 0) is 0 Å². The molecule has 5 nitrogen and oxygen atoms in total. The Labute approximate surface area is 83.9 Å². The molecule has 0 amide bonds. The number of aliphatic hydroxyl groups is 2. The molecule has 4 atom stereocenters. The van der Waals surface area contributed by atoms with Gasteiger partial charge >= 0.3 is 0 Å². The van der Waals surface area contributed by atoms with Crippen LogP contribution in [0.15, 0.2) is 0 Å². The van der Waals surface area contributed by atoms with Crippen LogP contribution in [0.4, 0.5) is 0 Å². The van der Waals surface area contributed by atoms with Crippen molar-refractivity contribution in [3.8, 4) is 0 Å². The third-order valence-electron chi connectivity index (χ3n) is 2.37. The summed E-state index contributed by atoms with van der Waals surface area (Å²) in [5.74, 6) is -0.166. The number of rotatable bonds is 3. The Balaban J connectivity index is 2.69. The van der Waals surface area contributed by atoms with E-state index in [0.717, 1.165) is 0 Å². The number of aliphatic hydroxyl groups excluding tert-OH is 2. The first-order valence-electron chi connectivity index (χ1n) is 4.62. The van der Waals surface area contributed by atoms with Gasteiger partial charge in [-0.3, -0.25) is 5.09 Å². The summed E-state index contributed by atoms with van der Waals surface area (Å²) < 4.78 is 16.7. The maximum atomic E-state index is 11.6. The van der Waals surface area contributed by atoms with Crippen LogP contribution in [0, 0.1) is 5.92 Å². The van der Waals surface area contributed by atoms with E-state index in [1.165, 1.54) is 0 Å². The number of hydrogen-bond acceptors (Lipinski definition) is 4. The molecule has 0 radical (unpaired) electrons. The summed E-state index contributed by atoms with van der Waals surface area (Å²) in [5.41, 5.74) is 0. The molecule has 0 aromatic carbocycles. The number of hydrogen-bond donors (Lipinski definition) is 3. The predicted octanol–water partition coefficient (Wildman–Crippen LogP) is -0.172. The van der Waals surface area contributed by atoms with E-state index in [-0.39, 0.29) is 18.6 Å². The fourth-order valence-electron chi connectivity index (χ4n) is 1.62. The largest absolute Gasteiger partial charge is 0.394 e. The van der Waals surface area contributed by atoms with E-state index >= 15 is 0 Å². The first kappa shape index (κ1) is 12.1. The van der Waals surface area contributed by atoms with Crippen molar-refractivity contribution in [1.82, 2.24) is 5.09 Å². The molecule has 0 aromatic heterocycles. The molecular weight excluding hydrogens is 205 g/mol. The predicted molar refractivity (Wildman–Crippen MR) is 53.5 cm³/mol. The average Bonchev–Trinajstić information content (AvgIpc) is 2.30. The summed E-state index contributed by atoms with van der Waals surface area (Å²) in [4.78, 5) is 0. The minimum absolute atomic E-state index is 0.166. The second-order valence-corrected chi connectivity index (χ2v) is 7.07. The molecule has 0 spiro atoms. The highest BCUT2D eigenvalue weighted by molar-refractivity contribution is 7.60. The SMILES string of the molecule is C[C@H]1C(NP(C)(C)=O)[C@@H](CO)O[C@H]1O. The summed E-state index contributed by atoms with van der Waals surface area (Å²) >= 11 is 0. The number of ether oxygens (including phenoxy) is 1. The van der Waals surface area contributed by atoms with Gasteiger partial charge in [-0.1, -0.05) is 6.92 Å². The highest BCUT2D eigenvalue weighted by Crippen LogP contribution is 2.36. The van der Waals surface area contributed by atoms with Gasteiger partial charge in [0.05, 0.1) is 12.7 Å². The summed E-state index contributed by atoms with van der Waals surface area (Å²) in [5, 5.41) is 21.3. The minimum atomic E-state index is -2.38. The second-order valence-electron chi connectivity index (χ2n) is 4.11. The first-order valence-corrected chi connectivity index (χ1v) is 7.22. The summed E-state index contributed by atoms with van der Waals surface area (Å²) in [6, 6.07) is -0.254. The van der Waals surface area contributed by atoms with E-state index in [9.17, 15) is 9.67 Å². The summed E-state index contributed by atoms with van der Waals surface area (Å²) in [7, 11) is -2.38. The Morgan fingerprint density at radius 2 is 2.07 bits per heavy atom. The van der Waals surface area contributed by atoms with Crippen molar-refractivity contribution in [2.24, 2.45) is 5.92 Å². The zero-order valence-corrected chi connectivity index (χ0v) is 9.57. The Morgan fingerprint density at radius 3 is 2.50 bits per heavy atom. The average molecular weight is 223 g/mol. The van der Waals surface area contributed by atoms with Gasteiger partial charge in [-0.25, -0.2) is 0 Å². The van der Waals surface area contributed by atoms with Crippen molar-refractivity contribution in [2.45, 2.75) is 25.4 Å². The highest BCUT2D eigenvalue weighted by atomic mass is 31.2. The lowest BCUT2D eigenvalue weighted by molar-refractivity contribution is -0.114. The smallest absolute Gasteiger partial charge is 0.159 e. The van der Waals surface area contributed by atoms with Crippen LogP contribution in [-0.4, -0.2) is 48.6 Å². The van der Waals surface area contributed by atoms with E-state index < -0.39 is 19.7 Å². The highest BCUT2D eigenvalue weighted by Gasteiger charge is 2.41. The van der Waals surface area contributed by atoms with Gasteiger partial charge in [0.15, 0.2) is 6.29 Å². The normalized spacial score (nSPS) is 38.9. The number of nitrogens with one attached hydrogen (secondary N) is 1. The van der Waals surface area contributed by atoms with E-state index in [1.807, 2.05) is 0 Å². The lowest BCUT2D eigenvalue weighted by atomic mass is 10.0. The molecule has 1 unspecified atom stereocenters. The lowest BCUT2D eigenvalue weighted by Crippen LogP contribution is -2.40. The van der Waals surface area contributed by atoms with Crippen LogP contribution in [-0.2, 0) is 9.30 Å². The molecule has 1 aliphatic rings. The van der Waals surface area contributed by atoms with E-state index in [4.69, 9.17) is 9.84 Å². The van der Waals surface area contributed by atoms with Crippen LogP contribution in [0.3, 0.4) is 0 Å². The van der Waals surface area contributed by atoms with Crippen LogP contribution in [0.25, 0.3) is 0 Å². The monoisotopic (exact) mass is 223 g/mol. The molecule has 0 aromatic rings. The van der Waals surface area contributed by atoms with E-state index in [0.29, 0.717) is 0 Å². The van der Waals surface area contributed by atoms with Gasteiger partial charge < -0.3 is 19.5 Å². The first-order chi connectivity index (χ1) is 6.35. The summed E-state index contributed by atoms with van der Waals surface area (Å²) in [6.45, 7) is 4.84. The third-order valence-corrected chi connectivity index (χ3v) is 3.29. The molecule has 84 valence electrons. The van der Waals surface area contributed by atoms with Crippen LogP contribution in [0.5, 0.6) is 0 Å². The Hall–Kier alpha value is 0.0700. The van der Waals surface area contributed by atoms with Crippen molar-refractivity contribution in [3.05, 3.63) is 0 Å². The molecule has 6 heteroatoms. The maximum Gasteiger partial charge on any atom is 0.159 e. The molecule has 14 heavy (non-hydrogen) atoms. The standard InChI is InChI=1S/C8H18NO4P/c1-5-7(9-14(2,3)12)6(4-10)13-8(5)11/h5-8,10-11H,4H2,1-3H3,(H,9,12)/t5-,6+,7?,8+/m0/s1. The zero-order valence-electron chi connectivity index (χ0n) is 8.67. The van der Waals surface area contributed by atoms with Crippen molar-refractivity contribution >= 4 is 7.29 Å². The zero-order chi connectivity index (χ0) is 10.9. The van der Waals surface area contributed by atoms with Crippen LogP contribution in [0.1, 0.15) is 6.92 Å². The van der Waals surface area contributed by atoms with Gasteiger partial charge in [0.25, 0.3) is 0 Å². The van der Waals surface area contributed by atoms with Crippen LogP contribution < -0.4 is 5.09 Å². The second kappa shape index (κ2) is 4.29.